The van der Waals surface area contributed by atoms with Gasteiger partial charge in [-0.05, 0) is 12.5 Å². The molecule has 1 unspecified atom stereocenters. The molecule has 0 aromatic heterocycles. The quantitative estimate of drug-likeness (QED) is 0.299. The average molecular weight is 256 g/mol. The second-order valence-electron chi connectivity index (χ2n) is 3.36. The van der Waals surface area contributed by atoms with Crippen molar-refractivity contribution in [1.82, 2.24) is 5.06 Å². The Kier molecular flexibility index (Phi) is 5.09. The lowest BCUT2D eigenvalue weighted by Gasteiger charge is -2.14. The zero-order valence-corrected chi connectivity index (χ0v) is 9.74. The number of amides is 2. The summed E-state index contributed by atoms with van der Waals surface area (Å²) in [5.41, 5.74) is 8.25. The lowest BCUT2D eigenvalue weighted by molar-refractivity contribution is -0.199. The third-order valence-electron chi connectivity index (χ3n) is 2.08. The Morgan fingerprint density at radius 3 is 2.61 bits per heavy atom. The van der Waals surface area contributed by atoms with E-state index < -0.39 is 24.0 Å². The first-order valence-electron chi connectivity index (χ1n) is 5.30. The van der Waals surface area contributed by atoms with Crippen molar-refractivity contribution < 1.29 is 24.0 Å². The van der Waals surface area contributed by atoms with Gasteiger partial charge < -0.3 is 9.57 Å². The van der Waals surface area contributed by atoms with E-state index in [1.165, 1.54) is 0 Å². The van der Waals surface area contributed by atoms with Crippen LogP contribution in [0.3, 0.4) is 0 Å². The van der Waals surface area contributed by atoms with Gasteiger partial charge in [-0.1, -0.05) is 5.11 Å². The third-order valence-corrected chi connectivity index (χ3v) is 2.08. The number of hydroxylamine groups is 2. The molecule has 1 rings (SSSR count). The smallest absolute Gasteiger partial charge is 0.335 e. The van der Waals surface area contributed by atoms with Gasteiger partial charge in [0, 0.05) is 24.4 Å². The zero-order valence-electron chi connectivity index (χ0n) is 9.74. The summed E-state index contributed by atoms with van der Waals surface area (Å²) in [5, 5.41) is 3.67. The molecule has 0 aliphatic carbocycles. The molecule has 1 heterocycles. The van der Waals surface area contributed by atoms with Crippen LogP contribution in [0.25, 0.3) is 10.4 Å². The van der Waals surface area contributed by atoms with Crippen LogP contribution in [0.4, 0.5) is 0 Å². The molecule has 9 heteroatoms. The van der Waals surface area contributed by atoms with Crippen molar-refractivity contribution in [1.29, 1.82) is 0 Å². The summed E-state index contributed by atoms with van der Waals surface area (Å²) < 4.78 is 4.96. The van der Waals surface area contributed by atoms with Crippen molar-refractivity contribution in [3.8, 4) is 0 Å². The zero-order chi connectivity index (χ0) is 13.5. The minimum Gasteiger partial charge on any atom is -0.372 e. The van der Waals surface area contributed by atoms with Crippen LogP contribution in [-0.4, -0.2) is 35.7 Å². The molecule has 1 saturated heterocycles. The van der Waals surface area contributed by atoms with Crippen LogP contribution in [0.5, 0.6) is 0 Å². The predicted molar refractivity (Wildman–Crippen MR) is 56.4 cm³/mol. The molecule has 0 N–H and O–H groups in total. The van der Waals surface area contributed by atoms with Gasteiger partial charge in [0.25, 0.3) is 11.8 Å². The van der Waals surface area contributed by atoms with E-state index in [1.54, 1.807) is 6.92 Å². The number of hydrogen-bond donors (Lipinski definition) is 0. The standard InChI is InChI=1S/C9H12N4O5/c1-2-17-6(11-12-10)5-9(16)18-13-7(14)3-4-8(13)15/h6H,2-5H2,1H3. The Hall–Kier alpha value is -2.12. The molecule has 0 radical (unpaired) electrons. The topological polar surface area (TPSA) is 122 Å². The molecule has 2 amide bonds. The fourth-order valence-corrected chi connectivity index (χ4v) is 1.32. The van der Waals surface area contributed by atoms with Crippen molar-refractivity contribution in [3.63, 3.8) is 0 Å². The minimum absolute atomic E-state index is 0.0251. The number of carbonyl (C=O) groups is 3. The second kappa shape index (κ2) is 6.58. The van der Waals surface area contributed by atoms with E-state index in [0.717, 1.165) is 0 Å². The maximum Gasteiger partial charge on any atom is 0.335 e. The van der Waals surface area contributed by atoms with Crippen LogP contribution < -0.4 is 0 Å². The van der Waals surface area contributed by atoms with Crippen LogP contribution in [0.15, 0.2) is 5.11 Å². The highest BCUT2D eigenvalue weighted by Crippen LogP contribution is 2.13. The van der Waals surface area contributed by atoms with Crippen LogP contribution in [0.1, 0.15) is 26.2 Å². The Morgan fingerprint density at radius 1 is 1.50 bits per heavy atom. The molecule has 0 aromatic rings. The van der Waals surface area contributed by atoms with Gasteiger partial charge in [0.15, 0.2) is 0 Å². The van der Waals surface area contributed by atoms with Crippen molar-refractivity contribution in [2.45, 2.75) is 32.4 Å². The average Bonchev–Trinajstić information content (AvgIpc) is 2.61. The first kappa shape index (κ1) is 13.9. The van der Waals surface area contributed by atoms with E-state index in [0.29, 0.717) is 5.06 Å². The molecule has 0 aromatic carbocycles. The molecular formula is C9H12N4O5. The lowest BCUT2D eigenvalue weighted by Crippen LogP contribution is -2.33. The summed E-state index contributed by atoms with van der Waals surface area (Å²) in [4.78, 5) is 40.9. The molecule has 0 bridgehead atoms. The van der Waals surface area contributed by atoms with Gasteiger partial charge >= 0.3 is 5.97 Å². The van der Waals surface area contributed by atoms with Crippen LogP contribution in [0, 0.1) is 0 Å². The van der Waals surface area contributed by atoms with Gasteiger partial charge in [-0.3, -0.25) is 9.59 Å². The Morgan fingerprint density at radius 2 is 2.11 bits per heavy atom. The van der Waals surface area contributed by atoms with E-state index in [2.05, 4.69) is 14.9 Å². The number of carbonyl (C=O) groups excluding carboxylic acids is 3. The van der Waals surface area contributed by atoms with Crippen LogP contribution in [0.2, 0.25) is 0 Å². The fourth-order valence-electron chi connectivity index (χ4n) is 1.32. The molecule has 0 saturated carbocycles. The summed E-state index contributed by atoms with van der Waals surface area (Å²) in [6.45, 7) is 1.91. The molecule has 0 spiro atoms. The van der Waals surface area contributed by atoms with Crippen molar-refractivity contribution >= 4 is 17.8 Å². The molecule has 98 valence electrons. The predicted octanol–water partition coefficient (Wildman–Crippen LogP) is 0.657. The van der Waals surface area contributed by atoms with E-state index in [4.69, 9.17) is 10.3 Å². The van der Waals surface area contributed by atoms with Gasteiger partial charge in [-0.2, -0.15) is 0 Å². The molecule has 1 aliphatic rings. The highest BCUT2D eigenvalue weighted by atomic mass is 16.7. The highest BCUT2D eigenvalue weighted by Gasteiger charge is 2.33. The first-order chi connectivity index (χ1) is 8.58. The summed E-state index contributed by atoms with van der Waals surface area (Å²) in [6.07, 6.45) is -1.33. The van der Waals surface area contributed by atoms with Crippen molar-refractivity contribution in [3.05, 3.63) is 10.4 Å². The number of imide groups is 1. The van der Waals surface area contributed by atoms with Crippen LogP contribution >= 0.6 is 0 Å². The van der Waals surface area contributed by atoms with Crippen LogP contribution in [-0.2, 0) is 24.0 Å². The number of ether oxygens (including phenoxy) is 1. The van der Waals surface area contributed by atoms with E-state index in [-0.39, 0.29) is 25.9 Å². The van der Waals surface area contributed by atoms with E-state index >= 15 is 0 Å². The van der Waals surface area contributed by atoms with Gasteiger partial charge in [-0.15, -0.1) is 5.06 Å². The first-order valence-corrected chi connectivity index (χ1v) is 5.30. The molecule has 9 nitrogen and oxygen atoms in total. The minimum atomic E-state index is -1.01. The summed E-state index contributed by atoms with van der Waals surface area (Å²) in [7, 11) is 0. The van der Waals surface area contributed by atoms with Gasteiger partial charge in [0.05, 0.1) is 6.42 Å². The summed E-state index contributed by atoms with van der Waals surface area (Å²) >= 11 is 0. The molecule has 1 aliphatic heterocycles. The molecule has 1 atom stereocenters. The highest BCUT2D eigenvalue weighted by molar-refractivity contribution is 6.01. The number of nitrogens with zero attached hydrogens (tertiary/aromatic N) is 4. The van der Waals surface area contributed by atoms with Gasteiger partial charge in [0.1, 0.15) is 6.23 Å². The van der Waals surface area contributed by atoms with Crippen molar-refractivity contribution in [2.24, 2.45) is 5.11 Å². The van der Waals surface area contributed by atoms with E-state index in [1.807, 2.05) is 0 Å². The van der Waals surface area contributed by atoms with E-state index in [9.17, 15) is 14.4 Å². The van der Waals surface area contributed by atoms with Gasteiger partial charge in [0.2, 0.25) is 0 Å². The molecular weight excluding hydrogens is 244 g/mol. The maximum absolute atomic E-state index is 11.4. The SMILES string of the molecule is CCOC(CC(=O)ON1C(=O)CCC1=O)N=[N+]=[N-]. The summed E-state index contributed by atoms with van der Waals surface area (Å²) in [5.74, 6) is -2.00. The number of azide groups is 1. The maximum atomic E-state index is 11.4. The number of rotatable bonds is 6. The Balaban J connectivity index is 2.52. The monoisotopic (exact) mass is 256 g/mol. The molecule has 18 heavy (non-hydrogen) atoms. The largest absolute Gasteiger partial charge is 0.372 e. The number of hydrogen-bond acceptors (Lipinski definition) is 6. The second-order valence-corrected chi connectivity index (χ2v) is 3.36. The normalized spacial score (nSPS) is 16.4. The Bertz CT molecular complexity index is 388. The third kappa shape index (κ3) is 3.72. The molecule has 1 fully saturated rings. The Labute approximate surface area is 102 Å². The van der Waals surface area contributed by atoms with Gasteiger partial charge in [-0.25, -0.2) is 4.79 Å². The fraction of sp³-hybridized carbons (Fsp3) is 0.667. The van der Waals surface area contributed by atoms with Crippen molar-refractivity contribution in [2.75, 3.05) is 6.61 Å². The lowest BCUT2D eigenvalue weighted by atomic mass is 10.4. The summed E-state index contributed by atoms with van der Waals surface area (Å²) in [6, 6.07) is 0.